The maximum atomic E-state index is 11.4. The molecule has 4 nitrogen and oxygen atoms in total. The molecule has 0 aliphatic rings. The number of thiol groups is 2. The second kappa shape index (κ2) is 8.74. The van der Waals surface area contributed by atoms with Crippen LogP contribution in [0.5, 0.6) is 0 Å². The molecule has 2 atom stereocenters. The molecule has 112 valence electrons. The van der Waals surface area contributed by atoms with Crippen LogP contribution in [-0.4, -0.2) is 35.7 Å². The van der Waals surface area contributed by atoms with Crippen LogP contribution in [0.25, 0.3) is 0 Å². The van der Waals surface area contributed by atoms with Crippen LogP contribution >= 0.6 is 25.3 Å². The smallest absolute Gasteiger partial charge is 0.306 e. The van der Waals surface area contributed by atoms with E-state index in [0.717, 1.165) is 0 Å². The molecule has 0 fully saturated rings. The average Bonchev–Trinajstić information content (AvgIpc) is 2.22. The van der Waals surface area contributed by atoms with Crippen molar-refractivity contribution < 1.29 is 19.1 Å². The molecule has 0 aliphatic heterocycles. The molecule has 0 aromatic heterocycles. The minimum absolute atomic E-state index is 0.0229. The first-order chi connectivity index (χ1) is 8.62. The summed E-state index contributed by atoms with van der Waals surface area (Å²) in [6, 6.07) is 0. The van der Waals surface area contributed by atoms with Crippen LogP contribution in [0, 0.1) is 5.41 Å². The first kappa shape index (κ1) is 18.6. The largest absolute Gasteiger partial charge is 0.465 e. The highest BCUT2D eigenvalue weighted by Crippen LogP contribution is 2.17. The van der Waals surface area contributed by atoms with E-state index >= 15 is 0 Å². The van der Waals surface area contributed by atoms with Crippen molar-refractivity contribution in [2.75, 3.05) is 13.2 Å². The van der Waals surface area contributed by atoms with Crippen molar-refractivity contribution in [2.45, 2.75) is 51.0 Å². The van der Waals surface area contributed by atoms with Crippen LogP contribution in [0.1, 0.15) is 40.5 Å². The summed E-state index contributed by atoms with van der Waals surface area (Å²) in [7, 11) is 0. The van der Waals surface area contributed by atoms with Gasteiger partial charge in [-0.25, -0.2) is 0 Å². The van der Waals surface area contributed by atoms with E-state index in [9.17, 15) is 9.59 Å². The molecule has 0 bridgehead atoms. The Balaban J connectivity index is 3.98. The van der Waals surface area contributed by atoms with Crippen molar-refractivity contribution in [3.8, 4) is 0 Å². The van der Waals surface area contributed by atoms with Gasteiger partial charge in [0.05, 0.1) is 26.1 Å². The number of hydrogen-bond donors (Lipinski definition) is 2. The summed E-state index contributed by atoms with van der Waals surface area (Å²) in [4.78, 5) is 22.8. The van der Waals surface area contributed by atoms with E-state index in [1.165, 1.54) is 0 Å². The summed E-state index contributed by atoms with van der Waals surface area (Å²) in [5, 5.41) is -0.0457. The van der Waals surface area contributed by atoms with Gasteiger partial charge in [0.25, 0.3) is 0 Å². The Morgan fingerprint density at radius 1 is 0.947 bits per heavy atom. The van der Waals surface area contributed by atoms with E-state index in [0.29, 0.717) is 0 Å². The Morgan fingerprint density at radius 3 is 1.53 bits per heavy atom. The standard InChI is InChI=1S/C13H24O4S2/c1-9(18)5-11(14)16-7-13(3,4)8-17-12(15)6-10(2)19/h9-10,18-19H,5-8H2,1-4H3. The van der Waals surface area contributed by atoms with Gasteiger partial charge < -0.3 is 9.47 Å². The molecule has 0 heterocycles. The van der Waals surface area contributed by atoms with Gasteiger partial charge in [-0.2, -0.15) is 25.3 Å². The Bertz CT molecular complexity index is 273. The molecule has 0 aromatic carbocycles. The van der Waals surface area contributed by atoms with E-state index in [2.05, 4.69) is 25.3 Å². The Kier molecular flexibility index (Phi) is 8.57. The van der Waals surface area contributed by atoms with Gasteiger partial charge in [0, 0.05) is 15.9 Å². The van der Waals surface area contributed by atoms with Crippen molar-refractivity contribution in [1.82, 2.24) is 0 Å². The van der Waals surface area contributed by atoms with Gasteiger partial charge in [0.1, 0.15) is 0 Å². The third kappa shape index (κ3) is 11.2. The number of carbonyl (C=O) groups excluding carboxylic acids is 2. The van der Waals surface area contributed by atoms with E-state index in [4.69, 9.17) is 9.47 Å². The lowest BCUT2D eigenvalue weighted by molar-refractivity contribution is -0.152. The molecule has 0 N–H and O–H groups in total. The number of carbonyl (C=O) groups is 2. The lowest BCUT2D eigenvalue weighted by Gasteiger charge is -2.24. The zero-order chi connectivity index (χ0) is 15.1. The third-order valence-electron chi connectivity index (χ3n) is 2.17. The SMILES string of the molecule is CC(S)CC(=O)OCC(C)(C)COC(=O)CC(C)S. The molecular weight excluding hydrogens is 284 g/mol. The molecule has 0 saturated heterocycles. The van der Waals surface area contributed by atoms with Crippen LogP contribution in [0.3, 0.4) is 0 Å². The fraction of sp³-hybridized carbons (Fsp3) is 0.846. The fourth-order valence-electron chi connectivity index (χ4n) is 1.19. The van der Waals surface area contributed by atoms with E-state index in [1.807, 2.05) is 27.7 Å². The predicted molar refractivity (Wildman–Crippen MR) is 81.8 cm³/mol. The molecule has 2 unspecified atom stereocenters. The van der Waals surface area contributed by atoms with Crippen LogP contribution in [0.4, 0.5) is 0 Å². The molecule has 0 rings (SSSR count). The molecule has 0 aromatic rings. The maximum absolute atomic E-state index is 11.4. The predicted octanol–water partition coefficient (Wildman–Crippen LogP) is 2.52. The Labute approximate surface area is 126 Å². The minimum Gasteiger partial charge on any atom is -0.465 e. The summed E-state index contributed by atoms with van der Waals surface area (Å²) in [5.74, 6) is -0.572. The van der Waals surface area contributed by atoms with Crippen LogP contribution in [0.2, 0.25) is 0 Å². The van der Waals surface area contributed by atoms with Crippen molar-refractivity contribution in [2.24, 2.45) is 5.41 Å². The van der Waals surface area contributed by atoms with E-state index in [1.54, 1.807) is 0 Å². The maximum Gasteiger partial charge on any atom is 0.306 e. The summed E-state index contributed by atoms with van der Waals surface area (Å²) < 4.78 is 10.3. The van der Waals surface area contributed by atoms with Gasteiger partial charge in [0.2, 0.25) is 0 Å². The molecule has 0 amide bonds. The van der Waals surface area contributed by atoms with Crippen molar-refractivity contribution >= 4 is 37.2 Å². The normalized spacial score (nSPS) is 14.6. The highest BCUT2D eigenvalue weighted by atomic mass is 32.1. The molecule has 0 saturated carbocycles. The van der Waals surface area contributed by atoms with Crippen LogP contribution in [0.15, 0.2) is 0 Å². The quantitative estimate of drug-likeness (QED) is 0.534. The Morgan fingerprint density at radius 2 is 1.26 bits per heavy atom. The number of ether oxygens (including phenoxy) is 2. The van der Waals surface area contributed by atoms with Gasteiger partial charge in [-0.1, -0.05) is 27.7 Å². The van der Waals surface area contributed by atoms with E-state index < -0.39 is 5.41 Å². The van der Waals surface area contributed by atoms with Crippen molar-refractivity contribution in [3.63, 3.8) is 0 Å². The molecule has 19 heavy (non-hydrogen) atoms. The number of hydrogen-bond acceptors (Lipinski definition) is 6. The van der Waals surface area contributed by atoms with Gasteiger partial charge in [0.15, 0.2) is 0 Å². The summed E-state index contributed by atoms with van der Waals surface area (Å²) >= 11 is 8.25. The molecule has 0 spiro atoms. The zero-order valence-corrected chi connectivity index (χ0v) is 13.8. The van der Waals surface area contributed by atoms with Gasteiger partial charge >= 0.3 is 11.9 Å². The molecule has 6 heteroatoms. The molecular formula is C13H24O4S2. The highest BCUT2D eigenvalue weighted by Gasteiger charge is 2.23. The zero-order valence-electron chi connectivity index (χ0n) is 12.0. The van der Waals surface area contributed by atoms with Gasteiger partial charge in [-0.15, -0.1) is 0 Å². The number of rotatable bonds is 8. The topological polar surface area (TPSA) is 52.6 Å². The monoisotopic (exact) mass is 308 g/mol. The van der Waals surface area contributed by atoms with Crippen molar-refractivity contribution in [1.29, 1.82) is 0 Å². The first-order valence-corrected chi connectivity index (χ1v) is 7.33. The van der Waals surface area contributed by atoms with Crippen molar-refractivity contribution in [3.05, 3.63) is 0 Å². The second-order valence-electron chi connectivity index (χ2n) is 5.59. The summed E-state index contributed by atoms with van der Waals surface area (Å²) in [5.41, 5.74) is -0.398. The lowest BCUT2D eigenvalue weighted by atomic mass is 9.96. The lowest BCUT2D eigenvalue weighted by Crippen LogP contribution is -2.29. The van der Waals surface area contributed by atoms with E-state index in [-0.39, 0.29) is 48.5 Å². The molecule has 0 aliphatic carbocycles. The highest BCUT2D eigenvalue weighted by molar-refractivity contribution is 7.81. The van der Waals surface area contributed by atoms with Crippen LogP contribution in [-0.2, 0) is 19.1 Å². The third-order valence-corrected chi connectivity index (χ3v) is 2.54. The van der Waals surface area contributed by atoms with Crippen LogP contribution < -0.4 is 0 Å². The Hall–Kier alpha value is -0.360. The summed E-state index contributed by atoms with van der Waals surface area (Å²) in [6.07, 6.45) is 0.548. The first-order valence-electron chi connectivity index (χ1n) is 6.30. The second-order valence-corrected chi connectivity index (χ2v) is 7.35. The molecule has 0 radical (unpaired) electrons. The average molecular weight is 308 g/mol. The van der Waals surface area contributed by atoms with Gasteiger partial charge in [-0.05, 0) is 0 Å². The summed E-state index contributed by atoms with van der Waals surface area (Å²) in [6.45, 7) is 7.85. The number of esters is 2. The fourth-order valence-corrected chi connectivity index (χ4v) is 1.49. The minimum atomic E-state index is -0.398. The van der Waals surface area contributed by atoms with Gasteiger partial charge in [-0.3, -0.25) is 9.59 Å².